The molecule has 0 radical (unpaired) electrons. The quantitative estimate of drug-likeness (QED) is 0.827. The Balaban J connectivity index is 2.05. The van der Waals surface area contributed by atoms with E-state index in [1.165, 1.54) is 0 Å². The van der Waals surface area contributed by atoms with Gasteiger partial charge in [-0.2, -0.15) is 5.10 Å². The Labute approximate surface area is 108 Å². The molecule has 0 saturated carbocycles. The van der Waals surface area contributed by atoms with E-state index in [-0.39, 0.29) is 11.9 Å². The minimum Gasteiger partial charge on any atom is -0.466 e. The highest BCUT2D eigenvalue weighted by molar-refractivity contribution is 5.73. The molecule has 1 aliphatic heterocycles. The van der Waals surface area contributed by atoms with Crippen LogP contribution in [0.2, 0.25) is 0 Å². The number of carbonyl (C=O) groups is 1. The highest BCUT2D eigenvalue weighted by Gasteiger charge is 2.26. The van der Waals surface area contributed by atoms with Crippen molar-refractivity contribution in [1.29, 1.82) is 0 Å². The molecule has 1 aliphatic rings. The van der Waals surface area contributed by atoms with E-state index in [0.717, 1.165) is 17.9 Å². The van der Waals surface area contributed by atoms with Crippen LogP contribution in [0, 0.1) is 11.8 Å². The molecule has 100 valence electrons. The van der Waals surface area contributed by atoms with Gasteiger partial charge in [0.25, 0.3) is 0 Å². The van der Waals surface area contributed by atoms with E-state index in [9.17, 15) is 4.79 Å². The number of fused-ring (bicyclic) bond motifs is 1. The van der Waals surface area contributed by atoms with E-state index in [1.807, 2.05) is 11.6 Å². The molecule has 0 amide bonds. The van der Waals surface area contributed by atoms with Crippen molar-refractivity contribution in [3.05, 3.63) is 11.8 Å². The topological polar surface area (TPSA) is 56.1 Å². The number of aromatic nitrogens is 2. The maximum Gasteiger partial charge on any atom is 0.312 e. The number of rotatable bonds is 4. The van der Waals surface area contributed by atoms with E-state index in [2.05, 4.69) is 30.3 Å². The summed E-state index contributed by atoms with van der Waals surface area (Å²) in [5.41, 5.74) is 1.08. The summed E-state index contributed by atoms with van der Waals surface area (Å²) in [6.07, 6.45) is 0.964. The Morgan fingerprint density at radius 2 is 2.44 bits per heavy atom. The van der Waals surface area contributed by atoms with Crippen LogP contribution < -0.4 is 5.32 Å². The van der Waals surface area contributed by atoms with Crippen LogP contribution in [0.15, 0.2) is 6.07 Å². The zero-order chi connectivity index (χ0) is 13.1. The first-order valence-corrected chi connectivity index (χ1v) is 6.57. The van der Waals surface area contributed by atoms with Crippen molar-refractivity contribution >= 4 is 11.8 Å². The van der Waals surface area contributed by atoms with Gasteiger partial charge in [-0.3, -0.25) is 4.79 Å². The molecule has 2 rings (SSSR count). The molecular weight excluding hydrogens is 230 g/mol. The molecule has 5 nitrogen and oxygen atoms in total. The SMILES string of the molecule is CCOC(=O)C1CNc2cc(CC(C)C)nn2C1. The van der Waals surface area contributed by atoms with Gasteiger partial charge in [-0.15, -0.1) is 0 Å². The average Bonchev–Trinajstić information content (AvgIpc) is 2.69. The Kier molecular flexibility index (Phi) is 3.89. The lowest BCUT2D eigenvalue weighted by molar-refractivity contribution is -0.148. The zero-order valence-corrected chi connectivity index (χ0v) is 11.3. The largest absolute Gasteiger partial charge is 0.466 e. The van der Waals surface area contributed by atoms with Gasteiger partial charge in [-0.25, -0.2) is 4.68 Å². The molecule has 0 spiro atoms. The average molecular weight is 251 g/mol. The van der Waals surface area contributed by atoms with Crippen molar-refractivity contribution in [3.63, 3.8) is 0 Å². The van der Waals surface area contributed by atoms with Crippen molar-refractivity contribution in [2.75, 3.05) is 18.5 Å². The number of hydrogen-bond donors (Lipinski definition) is 1. The van der Waals surface area contributed by atoms with E-state index in [4.69, 9.17) is 4.74 Å². The van der Waals surface area contributed by atoms with Crippen molar-refractivity contribution in [2.45, 2.75) is 33.7 Å². The molecule has 5 heteroatoms. The molecule has 0 aromatic carbocycles. The second kappa shape index (κ2) is 5.42. The summed E-state index contributed by atoms with van der Waals surface area (Å²) in [5.74, 6) is 1.31. The maximum absolute atomic E-state index is 11.7. The summed E-state index contributed by atoms with van der Waals surface area (Å²) < 4.78 is 6.93. The van der Waals surface area contributed by atoms with Gasteiger partial charge in [0.2, 0.25) is 0 Å². The summed E-state index contributed by atoms with van der Waals surface area (Å²) in [6, 6.07) is 2.07. The summed E-state index contributed by atoms with van der Waals surface area (Å²) in [5, 5.41) is 7.78. The first-order chi connectivity index (χ1) is 8.60. The fraction of sp³-hybridized carbons (Fsp3) is 0.692. The van der Waals surface area contributed by atoms with Gasteiger partial charge in [-0.05, 0) is 19.3 Å². The highest BCUT2D eigenvalue weighted by Crippen LogP contribution is 2.21. The summed E-state index contributed by atoms with van der Waals surface area (Å²) in [6.45, 7) is 7.85. The molecule has 1 aromatic rings. The number of carbonyl (C=O) groups excluding carboxylic acids is 1. The van der Waals surface area contributed by atoms with Crippen molar-refractivity contribution in [2.24, 2.45) is 11.8 Å². The molecule has 1 unspecified atom stereocenters. The molecule has 1 N–H and O–H groups in total. The number of esters is 1. The number of nitrogens with one attached hydrogen (secondary N) is 1. The summed E-state index contributed by atoms with van der Waals surface area (Å²) in [4.78, 5) is 11.7. The van der Waals surface area contributed by atoms with E-state index >= 15 is 0 Å². The van der Waals surface area contributed by atoms with Crippen LogP contribution in [0.5, 0.6) is 0 Å². The molecule has 0 fully saturated rings. The molecule has 2 heterocycles. The molecule has 0 aliphatic carbocycles. The molecule has 18 heavy (non-hydrogen) atoms. The van der Waals surface area contributed by atoms with Gasteiger partial charge in [-0.1, -0.05) is 13.8 Å². The smallest absolute Gasteiger partial charge is 0.312 e. The Morgan fingerprint density at radius 3 is 3.11 bits per heavy atom. The van der Waals surface area contributed by atoms with Crippen molar-refractivity contribution in [3.8, 4) is 0 Å². The van der Waals surface area contributed by atoms with Gasteiger partial charge >= 0.3 is 5.97 Å². The van der Waals surface area contributed by atoms with Crippen LogP contribution >= 0.6 is 0 Å². The van der Waals surface area contributed by atoms with E-state index < -0.39 is 0 Å². The van der Waals surface area contributed by atoms with Crippen molar-refractivity contribution in [1.82, 2.24) is 9.78 Å². The zero-order valence-electron chi connectivity index (χ0n) is 11.3. The summed E-state index contributed by atoms with van der Waals surface area (Å²) >= 11 is 0. The van der Waals surface area contributed by atoms with Crippen LogP contribution in [0.1, 0.15) is 26.5 Å². The lowest BCUT2D eigenvalue weighted by Gasteiger charge is -2.23. The lowest BCUT2D eigenvalue weighted by Crippen LogP contribution is -2.34. The second-order valence-electron chi connectivity index (χ2n) is 5.13. The molecule has 0 bridgehead atoms. The monoisotopic (exact) mass is 251 g/mol. The first kappa shape index (κ1) is 12.9. The molecule has 1 atom stereocenters. The molecular formula is C13H21N3O2. The Morgan fingerprint density at radius 1 is 1.67 bits per heavy atom. The fourth-order valence-corrected chi connectivity index (χ4v) is 2.19. The van der Waals surface area contributed by atoms with Crippen LogP contribution in [0.4, 0.5) is 5.82 Å². The Bertz CT molecular complexity index is 426. The normalized spacial score (nSPS) is 18.3. The third-order valence-electron chi connectivity index (χ3n) is 2.99. The first-order valence-electron chi connectivity index (χ1n) is 6.57. The van der Waals surface area contributed by atoms with Gasteiger partial charge in [0.05, 0.1) is 24.8 Å². The molecule has 1 aromatic heterocycles. The van der Waals surface area contributed by atoms with Gasteiger partial charge in [0, 0.05) is 12.6 Å². The van der Waals surface area contributed by atoms with Crippen LogP contribution in [0.25, 0.3) is 0 Å². The minimum atomic E-state index is -0.142. The predicted molar refractivity (Wildman–Crippen MR) is 69.4 cm³/mol. The third kappa shape index (κ3) is 2.83. The Hall–Kier alpha value is -1.52. The summed E-state index contributed by atoms with van der Waals surface area (Å²) in [7, 11) is 0. The number of anilines is 1. The van der Waals surface area contributed by atoms with Crippen LogP contribution in [-0.2, 0) is 22.5 Å². The number of hydrogen-bond acceptors (Lipinski definition) is 4. The van der Waals surface area contributed by atoms with E-state index in [0.29, 0.717) is 25.6 Å². The molecule has 0 saturated heterocycles. The lowest BCUT2D eigenvalue weighted by atomic mass is 10.1. The van der Waals surface area contributed by atoms with Crippen molar-refractivity contribution < 1.29 is 9.53 Å². The van der Waals surface area contributed by atoms with Gasteiger partial charge < -0.3 is 10.1 Å². The van der Waals surface area contributed by atoms with Gasteiger partial charge in [0.1, 0.15) is 5.82 Å². The van der Waals surface area contributed by atoms with Gasteiger partial charge in [0.15, 0.2) is 0 Å². The second-order valence-corrected chi connectivity index (χ2v) is 5.13. The van der Waals surface area contributed by atoms with Crippen LogP contribution in [0.3, 0.4) is 0 Å². The number of ether oxygens (including phenoxy) is 1. The highest BCUT2D eigenvalue weighted by atomic mass is 16.5. The minimum absolute atomic E-state index is 0.135. The van der Waals surface area contributed by atoms with Crippen LogP contribution in [-0.4, -0.2) is 28.9 Å². The predicted octanol–water partition coefficient (Wildman–Crippen LogP) is 1.69. The maximum atomic E-state index is 11.7. The standard InChI is InChI=1S/C13H21N3O2/c1-4-18-13(17)10-7-14-12-6-11(5-9(2)3)15-16(12)8-10/h6,9-10,14H,4-5,7-8H2,1-3H3. The number of nitrogens with zero attached hydrogens (tertiary/aromatic N) is 2. The third-order valence-corrected chi connectivity index (χ3v) is 2.99. The van der Waals surface area contributed by atoms with E-state index in [1.54, 1.807) is 0 Å². The fourth-order valence-electron chi connectivity index (χ4n) is 2.19.